The fourth-order valence-electron chi connectivity index (χ4n) is 1.83. The van der Waals surface area contributed by atoms with Crippen LogP contribution in [0.15, 0.2) is 30.6 Å². The molecule has 0 aliphatic carbocycles. The number of aromatic nitrogens is 3. The van der Waals surface area contributed by atoms with E-state index in [0.717, 1.165) is 18.1 Å². The molecular formula is C14H20N4O. The number of hydrogen-bond donors (Lipinski definition) is 1. The summed E-state index contributed by atoms with van der Waals surface area (Å²) in [4.78, 5) is 4.18. The van der Waals surface area contributed by atoms with Gasteiger partial charge in [-0.3, -0.25) is 0 Å². The molecule has 0 bridgehead atoms. The highest BCUT2D eigenvalue weighted by atomic mass is 16.5. The maximum absolute atomic E-state index is 5.72. The Kier molecular flexibility index (Phi) is 4.52. The van der Waals surface area contributed by atoms with Crippen LogP contribution in [0.2, 0.25) is 0 Å². The molecule has 19 heavy (non-hydrogen) atoms. The van der Waals surface area contributed by atoms with Crippen LogP contribution in [0.4, 0.5) is 0 Å². The van der Waals surface area contributed by atoms with E-state index in [0.29, 0.717) is 12.6 Å². The van der Waals surface area contributed by atoms with E-state index in [1.165, 1.54) is 5.56 Å². The van der Waals surface area contributed by atoms with Gasteiger partial charge >= 0.3 is 0 Å². The number of aryl methyl sites for hydroxylation is 1. The lowest BCUT2D eigenvalue weighted by Crippen LogP contribution is -2.12. The van der Waals surface area contributed by atoms with E-state index in [1.54, 1.807) is 6.33 Å². The van der Waals surface area contributed by atoms with E-state index in [2.05, 4.69) is 34.5 Å². The highest BCUT2D eigenvalue weighted by molar-refractivity contribution is 5.28. The van der Waals surface area contributed by atoms with Gasteiger partial charge in [0.2, 0.25) is 0 Å². The zero-order valence-corrected chi connectivity index (χ0v) is 11.6. The van der Waals surface area contributed by atoms with Crippen LogP contribution in [0.25, 0.3) is 0 Å². The van der Waals surface area contributed by atoms with Gasteiger partial charge in [0.1, 0.15) is 18.7 Å². The van der Waals surface area contributed by atoms with E-state index < -0.39 is 0 Å². The largest absolute Gasteiger partial charge is 0.486 e. The number of nitrogens with zero attached hydrogens (tertiary/aromatic N) is 3. The molecule has 2 aromatic rings. The fourth-order valence-corrected chi connectivity index (χ4v) is 1.83. The highest BCUT2D eigenvalue weighted by Gasteiger charge is 2.05. The van der Waals surface area contributed by atoms with Crippen molar-refractivity contribution in [3.05, 3.63) is 42.0 Å². The fraction of sp³-hybridized carbons (Fsp3) is 0.429. The Morgan fingerprint density at radius 2 is 2.05 bits per heavy atom. The van der Waals surface area contributed by atoms with E-state index in [1.807, 2.05) is 30.8 Å². The van der Waals surface area contributed by atoms with Crippen LogP contribution in [0.3, 0.4) is 0 Å². The Balaban J connectivity index is 1.96. The summed E-state index contributed by atoms with van der Waals surface area (Å²) in [6, 6.07) is 8.45. The summed E-state index contributed by atoms with van der Waals surface area (Å²) in [5.41, 5.74) is 1.24. The Morgan fingerprint density at radius 1 is 1.32 bits per heavy atom. The predicted octanol–water partition coefficient (Wildman–Crippen LogP) is 2.16. The molecule has 1 aromatic heterocycles. The number of nitrogens with one attached hydrogen (secondary N) is 1. The lowest BCUT2D eigenvalue weighted by atomic mass is 10.1. The summed E-state index contributed by atoms with van der Waals surface area (Å²) in [7, 11) is 1.95. The van der Waals surface area contributed by atoms with Gasteiger partial charge in [0.15, 0.2) is 5.82 Å². The Hall–Kier alpha value is -1.88. The van der Waals surface area contributed by atoms with Crippen LogP contribution in [-0.2, 0) is 13.2 Å². The molecule has 5 nitrogen and oxygen atoms in total. The Bertz CT molecular complexity index is 506. The first-order chi connectivity index (χ1) is 9.24. The third kappa shape index (κ3) is 3.32. The second-order valence-corrected chi connectivity index (χ2v) is 4.36. The van der Waals surface area contributed by atoms with Gasteiger partial charge < -0.3 is 10.1 Å². The van der Waals surface area contributed by atoms with Crippen molar-refractivity contribution in [2.45, 2.75) is 33.0 Å². The van der Waals surface area contributed by atoms with Crippen LogP contribution in [0.1, 0.15) is 31.3 Å². The first-order valence-corrected chi connectivity index (χ1v) is 6.51. The minimum Gasteiger partial charge on any atom is -0.486 e. The zero-order chi connectivity index (χ0) is 13.7. The molecule has 1 N–H and O–H groups in total. The second-order valence-electron chi connectivity index (χ2n) is 4.36. The molecule has 0 fully saturated rings. The highest BCUT2D eigenvalue weighted by Crippen LogP contribution is 2.17. The van der Waals surface area contributed by atoms with Crippen LogP contribution in [0, 0.1) is 0 Å². The number of ether oxygens (including phenoxy) is 1. The van der Waals surface area contributed by atoms with Gasteiger partial charge in [-0.2, -0.15) is 5.10 Å². The SMILES string of the molecule is CCn1ncnc1COc1ccc(C(C)NC)cc1. The molecule has 5 heteroatoms. The third-order valence-corrected chi connectivity index (χ3v) is 3.18. The van der Waals surface area contributed by atoms with E-state index in [9.17, 15) is 0 Å². The number of benzene rings is 1. The topological polar surface area (TPSA) is 52.0 Å². The normalized spacial score (nSPS) is 12.4. The molecule has 1 aromatic carbocycles. The van der Waals surface area contributed by atoms with Crippen molar-refractivity contribution < 1.29 is 4.74 Å². The maximum atomic E-state index is 5.72. The molecule has 1 atom stereocenters. The lowest BCUT2D eigenvalue weighted by molar-refractivity contribution is 0.287. The van der Waals surface area contributed by atoms with Crippen LogP contribution < -0.4 is 10.1 Å². The van der Waals surface area contributed by atoms with Crippen molar-refractivity contribution in [2.24, 2.45) is 0 Å². The van der Waals surface area contributed by atoms with E-state index >= 15 is 0 Å². The lowest BCUT2D eigenvalue weighted by Gasteiger charge is -2.11. The maximum Gasteiger partial charge on any atom is 0.164 e. The van der Waals surface area contributed by atoms with Gasteiger partial charge in [-0.1, -0.05) is 12.1 Å². The molecular weight excluding hydrogens is 240 g/mol. The molecule has 0 amide bonds. The van der Waals surface area contributed by atoms with Gasteiger partial charge in [0.25, 0.3) is 0 Å². The summed E-state index contributed by atoms with van der Waals surface area (Å²) in [5, 5.41) is 7.32. The first-order valence-electron chi connectivity index (χ1n) is 6.51. The first kappa shape index (κ1) is 13.5. The monoisotopic (exact) mass is 260 g/mol. The van der Waals surface area contributed by atoms with Crippen LogP contribution in [-0.4, -0.2) is 21.8 Å². The summed E-state index contributed by atoms with van der Waals surface area (Å²) in [6.07, 6.45) is 1.56. The second kappa shape index (κ2) is 6.33. The Morgan fingerprint density at radius 3 is 2.68 bits per heavy atom. The molecule has 0 saturated heterocycles. The molecule has 0 saturated carbocycles. The van der Waals surface area contributed by atoms with Crippen molar-refractivity contribution in [3.8, 4) is 5.75 Å². The molecule has 1 unspecified atom stereocenters. The van der Waals surface area contributed by atoms with Crippen molar-refractivity contribution in [1.82, 2.24) is 20.1 Å². The quantitative estimate of drug-likeness (QED) is 0.864. The van der Waals surface area contributed by atoms with E-state index in [4.69, 9.17) is 4.74 Å². The van der Waals surface area contributed by atoms with Gasteiger partial charge in [0, 0.05) is 12.6 Å². The molecule has 1 heterocycles. The minimum atomic E-state index is 0.345. The average Bonchev–Trinajstić information content (AvgIpc) is 2.92. The van der Waals surface area contributed by atoms with Crippen LogP contribution >= 0.6 is 0 Å². The summed E-state index contributed by atoms with van der Waals surface area (Å²) >= 11 is 0. The van der Waals surface area contributed by atoms with Crippen molar-refractivity contribution in [3.63, 3.8) is 0 Å². The molecule has 0 aliphatic heterocycles. The molecule has 0 spiro atoms. The minimum absolute atomic E-state index is 0.345. The molecule has 0 aliphatic rings. The smallest absolute Gasteiger partial charge is 0.164 e. The molecule has 102 valence electrons. The molecule has 0 radical (unpaired) electrons. The van der Waals surface area contributed by atoms with Crippen LogP contribution in [0.5, 0.6) is 5.75 Å². The Labute approximate surface area is 113 Å². The van der Waals surface area contributed by atoms with Crippen molar-refractivity contribution in [2.75, 3.05) is 7.05 Å². The number of rotatable bonds is 6. The number of hydrogen-bond acceptors (Lipinski definition) is 4. The molecule has 2 rings (SSSR count). The van der Waals surface area contributed by atoms with Crippen molar-refractivity contribution >= 4 is 0 Å². The van der Waals surface area contributed by atoms with Gasteiger partial charge in [0.05, 0.1) is 0 Å². The average molecular weight is 260 g/mol. The van der Waals surface area contributed by atoms with E-state index in [-0.39, 0.29) is 0 Å². The van der Waals surface area contributed by atoms with Gasteiger partial charge in [-0.15, -0.1) is 0 Å². The summed E-state index contributed by atoms with van der Waals surface area (Å²) in [5.74, 6) is 1.69. The zero-order valence-electron chi connectivity index (χ0n) is 11.6. The predicted molar refractivity (Wildman–Crippen MR) is 73.9 cm³/mol. The summed E-state index contributed by atoms with van der Waals surface area (Å²) < 4.78 is 7.55. The van der Waals surface area contributed by atoms with Gasteiger partial charge in [-0.05, 0) is 38.6 Å². The standard InChI is InChI=1S/C14H20N4O/c1-4-18-14(16-10-17-18)9-19-13-7-5-12(6-8-13)11(2)15-3/h5-8,10-11,15H,4,9H2,1-3H3. The van der Waals surface area contributed by atoms with Gasteiger partial charge in [-0.25, -0.2) is 9.67 Å². The third-order valence-electron chi connectivity index (χ3n) is 3.18. The van der Waals surface area contributed by atoms with Crippen molar-refractivity contribution in [1.29, 1.82) is 0 Å². The summed E-state index contributed by atoms with van der Waals surface area (Å²) in [6.45, 7) is 5.40.